The van der Waals surface area contributed by atoms with Crippen LogP contribution in [0.15, 0.2) is 0 Å². The molecular formula is C13H13F13Si. The van der Waals surface area contributed by atoms with Gasteiger partial charge in [0, 0.05) is 12.5 Å². The average molecular weight is 444 g/mol. The van der Waals surface area contributed by atoms with Gasteiger partial charge in [0.1, 0.15) is 0 Å². The molecule has 0 radical (unpaired) electrons. The lowest BCUT2D eigenvalue weighted by Gasteiger charge is -2.40. The van der Waals surface area contributed by atoms with Crippen molar-refractivity contribution >= 4 is 8.07 Å². The number of hydrogen-bond acceptors (Lipinski definition) is 0. The van der Waals surface area contributed by atoms with E-state index >= 15 is 0 Å². The highest BCUT2D eigenvalue weighted by Crippen LogP contribution is 2.60. The van der Waals surface area contributed by atoms with Crippen LogP contribution >= 0.6 is 0 Å². The van der Waals surface area contributed by atoms with Gasteiger partial charge < -0.3 is 0 Å². The van der Waals surface area contributed by atoms with Gasteiger partial charge in [0.15, 0.2) is 0 Å². The van der Waals surface area contributed by atoms with Crippen LogP contribution in [-0.4, -0.2) is 43.9 Å². The summed E-state index contributed by atoms with van der Waals surface area (Å²) in [4.78, 5) is 0. The lowest BCUT2D eigenvalue weighted by atomic mass is 9.93. The first-order chi connectivity index (χ1) is 11.5. The summed E-state index contributed by atoms with van der Waals surface area (Å²) < 4.78 is 168. The smallest absolute Gasteiger partial charge is 0.200 e. The molecule has 0 saturated heterocycles. The molecule has 0 aliphatic heterocycles. The van der Waals surface area contributed by atoms with Crippen LogP contribution in [0.5, 0.6) is 0 Å². The minimum Gasteiger partial charge on any atom is -0.200 e. The van der Waals surface area contributed by atoms with Crippen molar-refractivity contribution in [3.63, 3.8) is 0 Å². The van der Waals surface area contributed by atoms with E-state index in [1.54, 1.807) is 0 Å². The third kappa shape index (κ3) is 4.32. The Hall–Kier alpha value is -1.13. The summed E-state index contributed by atoms with van der Waals surface area (Å²) in [7, 11) is -2.87. The van der Waals surface area contributed by atoms with Gasteiger partial charge in [-0.15, -0.1) is 12.3 Å². The maximum atomic E-state index is 13.6. The van der Waals surface area contributed by atoms with Crippen LogP contribution in [-0.2, 0) is 0 Å². The molecular weight excluding hydrogens is 431 g/mol. The van der Waals surface area contributed by atoms with Gasteiger partial charge in [0.05, 0.1) is 8.07 Å². The molecule has 0 atom stereocenters. The van der Waals surface area contributed by atoms with Crippen LogP contribution in [0.1, 0.15) is 6.42 Å². The second-order valence-electron chi connectivity index (χ2n) is 6.54. The summed E-state index contributed by atoms with van der Waals surface area (Å²) >= 11 is 0. The van der Waals surface area contributed by atoms with Gasteiger partial charge in [-0.05, 0) is 0 Å². The zero-order valence-electron chi connectivity index (χ0n) is 13.6. The molecule has 0 spiro atoms. The summed E-state index contributed by atoms with van der Waals surface area (Å²) in [5, 5.41) is 0. The number of alkyl halides is 13. The monoisotopic (exact) mass is 444 g/mol. The maximum Gasteiger partial charge on any atom is 0.460 e. The van der Waals surface area contributed by atoms with E-state index in [0.717, 1.165) is 0 Å². The Labute approximate surface area is 146 Å². The molecule has 0 fully saturated rings. The SMILES string of the molecule is C#CC[Si](C)(C)CCC(F)(F)C(F)(F)C(F)(F)C(F)(F)C(F)(F)C(F)(F)F. The predicted molar refractivity (Wildman–Crippen MR) is 71.3 cm³/mol. The number of hydrogen-bond donors (Lipinski definition) is 0. The van der Waals surface area contributed by atoms with Crippen molar-refractivity contribution in [3.05, 3.63) is 0 Å². The fourth-order valence-electron chi connectivity index (χ4n) is 1.82. The molecule has 0 unspecified atom stereocenters. The Morgan fingerprint density at radius 1 is 0.667 bits per heavy atom. The molecule has 0 rings (SSSR count). The number of halogens is 13. The van der Waals surface area contributed by atoms with Crippen molar-refractivity contribution in [1.82, 2.24) is 0 Å². The molecule has 27 heavy (non-hydrogen) atoms. The highest BCUT2D eigenvalue weighted by atomic mass is 28.3. The second-order valence-corrected chi connectivity index (χ2v) is 11.7. The number of terminal acetylenes is 1. The molecule has 0 N–H and O–H groups in total. The van der Waals surface area contributed by atoms with Crippen molar-refractivity contribution in [3.8, 4) is 12.3 Å². The highest BCUT2D eigenvalue weighted by Gasteiger charge is 2.90. The standard InChI is InChI=1S/C13H13F13Si/c1-4-6-27(2,3)7-5-8(14,15)9(16,17)10(18,19)11(20,21)12(22,23)13(24,25)26/h1H,5-7H2,2-3H3. The molecule has 0 aliphatic carbocycles. The zero-order chi connectivity index (χ0) is 22.3. The van der Waals surface area contributed by atoms with E-state index in [-0.39, 0.29) is 6.04 Å². The van der Waals surface area contributed by atoms with E-state index in [0.29, 0.717) is 0 Å². The summed E-state index contributed by atoms with van der Waals surface area (Å²) in [6, 6.07) is -1.09. The summed E-state index contributed by atoms with van der Waals surface area (Å²) in [5.41, 5.74) is 0. The van der Waals surface area contributed by atoms with Crippen LogP contribution in [0.2, 0.25) is 25.2 Å². The van der Waals surface area contributed by atoms with Crippen LogP contribution in [0, 0.1) is 12.3 Å². The Balaban J connectivity index is 5.99. The van der Waals surface area contributed by atoms with Crippen LogP contribution in [0.25, 0.3) is 0 Å². The fourth-order valence-corrected chi connectivity index (χ4v) is 3.54. The molecule has 0 aliphatic rings. The Morgan fingerprint density at radius 2 is 1.04 bits per heavy atom. The molecule has 14 heteroatoms. The van der Waals surface area contributed by atoms with Gasteiger partial charge in [-0.2, -0.15) is 57.1 Å². The maximum absolute atomic E-state index is 13.6. The molecule has 0 aromatic carbocycles. The van der Waals surface area contributed by atoms with Crippen LogP contribution in [0.4, 0.5) is 57.1 Å². The minimum absolute atomic E-state index is 0.187. The van der Waals surface area contributed by atoms with E-state index in [1.165, 1.54) is 13.1 Å². The van der Waals surface area contributed by atoms with E-state index in [9.17, 15) is 57.1 Å². The molecule has 0 amide bonds. The lowest BCUT2D eigenvalue weighted by molar-refractivity contribution is -0.439. The van der Waals surface area contributed by atoms with Crippen molar-refractivity contribution < 1.29 is 57.1 Å². The summed E-state index contributed by atoms with van der Waals surface area (Å²) in [5.74, 6) is -34.5. The summed E-state index contributed by atoms with van der Waals surface area (Å²) in [6.07, 6.45) is -4.66. The van der Waals surface area contributed by atoms with Crippen LogP contribution in [0.3, 0.4) is 0 Å². The van der Waals surface area contributed by atoms with Crippen molar-refractivity contribution in [1.29, 1.82) is 0 Å². The lowest BCUT2D eigenvalue weighted by Crippen LogP contribution is -2.70. The van der Waals surface area contributed by atoms with Gasteiger partial charge in [-0.3, -0.25) is 0 Å². The van der Waals surface area contributed by atoms with Crippen molar-refractivity contribution in [2.75, 3.05) is 0 Å². The molecule has 0 saturated carbocycles. The Bertz CT molecular complexity index is 568. The third-order valence-electron chi connectivity index (χ3n) is 3.69. The van der Waals surface area contributed by atoms with Gasteiger partial charge in [-0.1, -0.05) is 19.1 Å². The first-order valence-corrected chi connectivity index (χ1v) is 10.3. The first kappa shape index (κ1) is 25.9. The number of rotatable bonds is 8. The molecule has 160 valence electrons. The molecule has 0 heterocycles. The van der Waals surface area contributed by atoms with Crippen molar-refractivity contribution in [2.45, 2.75) is 67.4 Å². The van der Waals surface area contributed by atoms with Gasteiger partial charge in [-0.25, -0.2) is 0 Å². The molecule has 0 aromatic rings. The van der Waals surface area contributed by atoms with E-state index in [2.05, 4.69) is 0 Å². The third-order valence-corrected chi connectivity index (χ3v) is 6.46. The second kappa shape index (κ2) is 7.04. The fraction of sp³-hybridized carbons (Fsp3) is 0.846. The molecule has 0 aromatic heterocycles. The summed E-state index contributed by atoms with van der Waals surface area (Å²) in [6.45, 7) is 2.54. The van der Waals surface area contributed by atoms with Gasteiger partial charge in [0.25, 0.3) is 0 Å². The van der Waals surface area contributed by atoms with E-state index in [1.807, 2.05) is 5.92 Å². The zero-order valence-corrected chi connectivity index (χ0v) is 14.6. The molecule has 0 bridgehead atoms. The van der Waals surface area contributed by atoms with Crippen molar-refractivity contribution in [2.24, 2.45) is 0 Å². The highest BCUT2D eigenvalue weighted by molar-refractivity contribution is 6.78. The van der Waals surface area contributed by atoms with E-state index in [4.69, 9.17) is 6.42 Å². The molecule has 0 nitrogen and oxygen atoms in total. The van der Waals surface area contributed by atoms with Gasteiger partial charge in [0.2, 0.25) is 0 Å². The normalized spacial score (nSPS) is 15.6. The Morgan fingerprint density at radius 3 is 1.37 bits per heavy atom. The predicted octanol–water partition coefficient (Wildman–Crippen LogP) is 6.46. The van der Waals surface area contributed by atoms with Crippen LogP contribution < -0.4 is 0 Å². The Kier molecular flexibility index (Phi) is 6.74. The minimum atomic E-state index is -7.85. The quantitative estimate of drug-likeness (QED) is 0.229. The van der Waals surface area contributed by atoms with E-state index < -0.39 is 56.3 Å². The largest absolute Gasteiger partial charge is 0.460 e. The van der Waals surface area contributed by atoms with Gasteiger partial charge >= 0.3 is 35.8 Å². The average Bonchev–Trinajstić information content (AvgIpc) is 2.43. The first-order valence-electron chi connectivity index (χ1n) is 6.91. The topological polar surface area (TPSA) is 0 Å².